The summed E-state index contributed by atoms with van der Waals surface area (Å²) in [6, 6.07) is 0. The van der Waals surface area contributed by atoms with Crippen LogP contribution < -0.4 is 0 Å². The Hall–Kier alpha value is -0.646. The van der Waals surface area contributed by atoms with Crippen LogP contribution in [0.3, 0.4) is 0 Å². The molecule has 270 valence electrons. The van der Waals surface area contributed by atoms with Gasteiger partial charge in [0.15, 0.2) is 16.6 Å². The van der Waals surface area contributed by atoms with Crippen molar-refractivity contribution in [1.82, 2.24) is 0 Å². The average Bonchev–Trinajstić information content (AvgIpc) is 3.15. The number of ether oxygens (including phenoxy) is 1. The molecule has 47 heavy (non-hydrogen) atoms. The van der Waals surface area contributed by atoms with E-state index in [0.717, 1.165) is 44.1 Å². The van der Waals surface area contributed by atoms with Crippen molar-refractivity contribution in [2.75, 3.05) is 5.75 Å². The van der Waals surface area contributed by atoms with Gasteiger partial charge in [-0.15, -0.1) is 11.8 Å². The van der Waals surface area contributed by atoms with Crippen LogP contribution in [0.1, 0.15) is 115 Å². The third-order valence-electron chi connectivity index (χ3n) is 12.2. The van der Waals surface area contributed by atoms with Gasteiger partial charge in [-0.25, -0.2) is 0 Å². The predicted molar refractivity (Wildman–Crippen MR) is 206 cm³/mol. The van der Waals surface area contributed by atoms with Crippen molar-refractivity contribution in [3.63, 3.8) is 0 Å². The molecule has 0 radical (unpaired) electrons. The number of carbonyl (C=O) groups excluding carboxylic acids is 1. The molecular weight excluding hydrogens is 637 g/mol. The highest BCUT2D eigenvalue weighted by atomic mass is 32.2. The van der Waals surface area contributed by atoms with Gasteiger partial charge in [0.1, 0.15) is 5.60 Å². The second kappa shape index (κ2) is 14.5. The van der Waals surface area contributed by atoms with Crippen LogP contribution in [0, 0.1) is 17.3 Å². The molecule has 5 nitrogen and oxygen atoms in total. The fraction of sp³-hybridized carbons (Fsp3) is 0.821. The van der Waals surface area contributed by atoms with E-state index >= 15 is 0 Å². The molecule has 1 N–H and O–H groups in total. The molecule has 0 aliphatic heterocycles. The Bertz CT molecular complexity index is 1200. The van der Waals surface area contributed by atoms with Crippen LogP contribution in [-0.2, 0) is 18.4 Å². The lowest BCUT2D eigenvalue weighted by Crippen LogP contribution is -2.49. The maximum Gasteiger partial charge on any atom is 0.316 e. The van der Waals surface area contributed by atoms with E-state index in [0.29, 0.717) is 11.7 Å². The molecule has 0 amide bonds. The highest BCUT2D eigenvalue weighted by molar-refractivity contribution is 8.00. The molecule has 3 fully saturated rings. The minimum Gasteiger partial charge on any atom is -0.459 e. The van der Waals surface area contributed by atoms with E-state index in [1.165, 1.54) is 11.1 Å². The molecule has 3 rings (SSSR count). The number of fused-ring (bicyclic) bond motifs is 1. The van der Waals surface area contributed by atoms with E-state index in [1.807, 2.05) is 20.8 Å². The minimum atomic E-state index is -2.03. The molecule has 0 spiro atoms. The Kier molecular flexibility index (Phi) is 12.6. The third kappa shape index (κ3) is 9.78. The van der Waals surface area contributed by atoms with E-state index in [2.05, 4.69) is 100 Å². The largest absolute Gasteiger partial charge is 0.459 e. The number of hydrogen-bond donors (Lipinski definition) is 1. The molecule has 0 heterocycles. The van der Waals surface area contributed by atoms with Crippen molar-refractivity contribution < 1.29 is 23.5 Å². The fourth-order valence-electron chi connectivity index (χ4n) is 7.58. The smallest absolute Gasteiger partial charge is 0.316 e. The summed E-state index contributed by atoms with van der Waals surface area (Å²) in [6.07, 6.45) is 10.2. The first-order valence-corrected chi connectivity index (χ1v) is 25.0. The van der Waals surface area contributed by atoms with Crippen molar-refractivity contribution in [3.8, 4) is 0 Å². The fourth-order valence-corrected chi connectivity index (χ4v) is 11.4. The first-order chi connectivity index (χ1) is 21.2. The highest BCUT2D eigenvalue weighted by Gasteiger charge is 2.55. The summed E-state index contributed by atoms with van der Waals surface area (Å²) in [6.45, 7) is 38.1. The molecule has 0 saturated heterocycles. The molecule has 1 unspecified atom stereocenters. The van der Waals surface area contributed by atoms with Crippen LogP contribution >= 0.6 is 11.8 Å². The van der Waals surface area contributed by atoms with Crippen LogP contribution in [0.5, 0.6) is 0 Å². The zero-order valence-electron chi connectivity index (χ0n) is 32.8. The van der Waals surface area contributed by atoms with Crippen LogP contribution in [0.15, 0.2) is 35.5 Å². The third-order valence-corrected chi connectivity index (χ3v) is 22.4. The summed E-state index contributed by atoms with van der Waals surface area (Å²) < 4.78 is 19.7. The molecule has 0 aromatic carbocycles. The molecular formula is C39H70O5SSi2. The Balaban J connectivity index is 1.88. The van der Waals surface area contributed by atoms with Gasteiger partial charge in [-0.2, -0.15) is 0 Å². The molecule has 3 aliphatic rings. The summed E-state index contributed by atoms with van der Waals surface area (Å²) in [4.78, 5) is 12.5. The van der Waals surface area contributed by atoms with Gasteiger partial charge in [-0.1, -0.05) is 79.7 Å². The molecule has 8 heteroatoms. The van der Waals surface area contributed by atoms with E-state index in [-0.39, 0.29) is 50.9 Å². The SMILES string of the molecule is C=C1/C(=C\C=C2/CCC[C@@]3(C)[C@H]2C[C@H](O)[C@@H]3C(C)SCC(=O)OC(C)(C)C)C[C@@H](O[Si](C)(C)C(C)(C)C)C[C@@H]1O[Si](C)(C)C(C)(C)C. The zero-order chi connectivity index (χ0) is 36.0. The van der Waals surface area contributed by atoms with E-state index in [4.69, 9.17) is 13.6 Å². The second-order valence-corrected chi connectivity index (χ2v) is 30.0. The summed E-state index contributed by atoms with van der Waals surface area (Å²) in [5.74, 6) is 0.591. The first-order valence-electron chi connectivity index (χ1n) is 18.1. The van der Waals surface area contributed by atoms with E-state index < -0.39 is 22.2 Å². The standard InChI is InChI=1S/C39H70O5SSi2/c1-26-29(22-30(43-46(13,14)37(6,7)8)23-33(26)44-47(15,16)38(9,10)11)20-19-28-18-17-21-39(12)31(28)24-32(40)35(39)27(2)45-25-34(41)42-36(3,4)5/h19-20,27,30-33,35,40H,1,17-18,21-25H2,2-16H3/b28-19+,29-20-/t27?,30-,31+,32+,33+,35+,39+/m1/s1. The number of hydrogen-bond acceptors (Lipinski definition) is 6. The summed E-state index contributed by atoms with van der Waals surface area (Å²) >= 11 is 1.63. The van der Waals surface area contributed by atoms with Gasteiger partial charge in [-0.05, 0) is 112 Å². The van der Waals surface area contributed by atoms with Gasteiger partial charge in [-0.3, -0.25) is 4.79 Å². The Morgan fingerprint density at radius 2 is 1.57 bits per heavy atom. The minimum absolute atomic E-state index is 0.00606. The lowest BCUT2D eigenvalue weighted by Gasteiger charge is -2.45. The number of thioether (sulfide) groups is 1. The molecule has 0 aromatic heterocycles. The van der Waals surface area contributed by atoms with Gasteiger partial charge in [0.2, 0.25) is 0 Å². The van der Waals surface area contributed by atoms with Crippen LogP contribution in [0.2, 0.25) is 36.3 Å². The van der Waals surface area contributed by atoms with Gasteiger partial charge >= 0.3 is 5.97 Å². The maximum absolute atomic E-state index is 12.5. The molecule has 0 bridgehead atoms. The summed E-state index contributed by atoms with van der Waals surface area (Å²) in [5.41, 5.74) is 3.31. The monoisotopic (exact) mass is 706 g/mol. The summed E-state index contributed by atoms with van der Waals surface area (Å²) in [5, 5.41) is 11.9. The Morgan fingerprint density at radius 3 is 2.13 bits per heavy atom. The highest BCUT2D eigenvalue weighted by Crippen LogP contribution is 2.59. The Morgan fingerprint density at radius 1 is 1.00 bits per heavy atom. The van der Waals surface area contributed by atoms with Crippen LogP contribution in [-0.4, -0.2) is 62.6 Å². The number of esters is 1. The topological polar surface area (TPSA) is 65.0 Å². The van der Waals surface area contributed by atoms with Crippen LogP contribution in [0.25, 0.3) is 0 Å². The normalized spacial score (nSPS) is 32.1. The van der Waals surface area contributed by atoms with Gasteiger partial charge in [0, 0.05) is 17.6 Å². The van der Waals surface area contributed by atoms with Gasteiger partial charge in [0.05, 0.1) is 24.1 Å². The van der Waals surface area contributed by atoms with Crippen molar-refractivity contribution in [1.29, 1.82) is 0 Å². The van der Waals surface area contributed by atoms with Crippen molar-refractivity contribution in [2.24, 2.45) is 17.3 Å². The number of allylic oxidation sites excluding steroid dienone is 3. The van der Waals surface area contributed by atoms with E-state index in [9.17, 15) is 9.90 Å². The molecule has 3 aliphatic carbocycles. The maximum atomic E-state index is 12.5. The van der Waals surface area contributed by atoms with Crippen molar-refractivity contribution in [2.45, 2.75) is 180 Å². The summed E-state index contributed by atoms with van der Waals surface area (Å²) in [7, 11) is -4.01. The molecule has 0 aromatic rings. The lowest BCUT2D eigenvalue weighted by molar-refractivity contribution is -0.151. The van der Waals surface area contributed by atoms with Crippen LogP contribution in [0.4, 0.5) is 0 Å². The van der Waals surface area contributed by atoms with E-state index in [1.54, 1.807) is 11.8 Å². The number of aliphatic hydroxyl groups is 1. The van der Waals surface area contributed by atoms with Crippen molar-refractivity contribution in [3.05, 3.63) is 35.5 Å². The van der Waals surface area contributed by atoms with Crippen molar-refractivity contribution >= 4 is 34.4 Å². The quantitative estimate of drug-likeness (QED) is 0.190. The molecule has 3 saturated carbocycles. The zero-order valence-corrected chi connectivity index (χ0v) is 35.6. The lowest BCUT2D eigenvalue weighted by atomic mass is 9.63. The first kappa shape index (κ1) is 40.8. The average molecular weight is 707 g/mol. The number of aliphatic hydroxyl groups excluding tert-OH is 1. The van der Waals surface area contributed by atoms with Gasteiger partial charge in [0.25, 0.3) is 0 Å². The second-order valence-electron chi connectivity index (χ2n) is 19.1. The molecule has 7 atom stereocenters. The Labute approximate surface area is 295 Å². The van der Waals surface area contributed by atoms with Gasteiger partial charge < -0.3 is 18.7 Å². The number of rotatable bonds is 9. The number of carbonyl (C=O) groups is 1. The predicted octanol–water partition coefficient (Wildman–Crippen LogP) is 10.6.